The Labute approximate surface area is 191 Å². The van der Waals surface area contributed by atoms with E-state index < -0.39 is 0 Å². The molecule has 1 aliphatic heterocycles. The molecule has 5 rings (SSSR count). The van der Waals surface area contributed by atoms with E-state index in [-0.39, 0.29) is 28.7 Å². The van der Waals surface area contributed by atoms with Crippen molar-refractivity contribution in [2.24, 2.45) is 28.6 Å². The number of ether oxygens (including phenoxy) is 1. The predicted octanol–water partition coefficient (Wildman–Crippen LogP) is 4.43. The van der Waals surface area contributed by atoms with Gasteiger partial charge in [-0.3, -0.25) is 9.59 Å². The second-order valence-electron chi connectivity index (χ2n) is 11.0. The molecule has 7 atom stereocenters. The van der Waals surface area contributed by atoms with Crippen molar-refractivity contribution in [2.45, 2.75) is 64.5 Å². The first kappa shape index (κ1) is 21.5. The van der Waals surface area contributed by atoms with E-state index in [9.17, 15) is 9.59 Å². The third-order valence-corrected chi connectivity index (χ3v) is 9.79. The fourth-order valence-corrected chi connectivity index (χ4v) is 7.96. The van der Waals surface area contributed by atoms with E-state index in [2.05, 4.69) is 25.2 Å². The molecular formula is C27H36N2O3. The Bertz CT molecular complexity index is 941. The molecule has 0 saturated heterocycles. The van der Waals surface area contributed by atoms with Crippen LogP contribution in [0, 0.1) is 28.6 Å². The molecule has 32 heavy (non-hydrogen) atoms. The average molecular weight is 437 g/mol. The lowest BCUT2D eigenvalue weighted by Gasteiger charge is -2.60. The molecule has 3 saturated carbocycles. The predicted molar refractivity (Wildman–Crippen MR) is 124 cm³/mol. The minimum atomic E-state index is 0.0210. The lowest BCUT2D eigenvalue weighted by molar-refractivity contribution is -0.138. The summed E-state index contributed by atoms with van der Waals surface area (Å²) in [4.78, 5) is 27.3. The van der Waals surface area contributed by atoms with Crippen molar-refractivity contribution in [3.05, 3.63) is 42.0 Å². The molecule has 2 amide bonds. The number of hydrogen-bond acceptors (Lipinski definition) is 3. The Morgan fingerprint density at radius 2 is 1.81 bits per heavy atom. The highest BCUT2D eigenvalue weighted by Gasteiger charge is 2.60. The standard InChI is InChI=1S/C27H36N2O3/c1-26-15-13-21-19(9-12-23-27(21,2)16-14-24(30)29(23)3)20(26)10-11-22(26)28-25(31)17-5-7-18(32-4)8-6-17/h5-8,14,16,19-23H,9-13,15H2,1-4H3,(H,28,31)/t19-,20-,21-,22-,23+,26-,27+/m0/s1. The van der Waals surface area contributed by atoms with Crippen LogP contribution in [0.5, 0.6) is 5.75 Å². The fraction of sp³-hybridized carbons (Fsp3) is 0.630. The van der Waals surface area contributed by atoms with Crippen molar-refractivity contribution >= 4 is 11.8 Å². The smallest absolute Gasteiger partial charge is 0.251 e. The summed E-state index contributed by atoms with van der Waals surface area (Å²) in [5, 5.41) is 3.40. The number of carbonyl (C=O) groups is 2. The SMILES string of the molecule is COc1ccc(C(=O)N[C@H]2CC[C@H]3[C@@H]4CC[C@H]5N(C)C(=O)C=C[C@]5(C)[C@H]4CC[C@]23C)cc1. The Balaban J connectivity index is 1.34. The van der Waals surface area contributed by atoms with Crippen molar-refractivity contribution in [1.29, 1.82) is 0 Å². The van der Waals surface area contributed by atoms with Gasteiger partial charge in [-0.25, -0.2) is 0 Å². The highest BCUT2D eigenvalue weighted by molar-refractivity contribution is 5.94. The van der Waals surface area contributed by atoms with E-state index in [0.717, 1.165) is 25.0 Å². The lowest BCUT2D eigenvalue weighted by Crippen LogP contribution is -2.60. The molecule has 5 nitrogen and oxygen atoms in total. The van der Waals surface area contributed by atoms with Crippen molar-refractivity contribution in [3.63, 3.8) is 0 Å². The van der Waals surface area contributed by atoms with Crippen LogP contribution in [0.25, 0.3) is 0 Å². The largest absolute Gasteiger partial charge is 0.497 e. The number of likely N-dealkylation sites (N-methyl/N-ethyl adjacent to an activating group) is 1. The van der Waals surface area contributed by atoms with E-state index in [4.69, 9.17) is 4.74 Å². The summed E-state index contributed by atoms with van der Waals surface area (Å²) >= 11 is 0. The van der Waals surface area contributed by atoms with Crippen LogP contribution in [0.2, 0.25) is 0 Å². The number of nitrogens with zero attached hydrogens (tertiary/aromatic N) is 1. The third-order valence-electron chi connectivity index (χ3n) is 9.79. The van der Waals surface area contributed by atoms with Crippen LogP contribution >= 0.6 is 0 Å². The quantitative estimate of drug-likeness (QED) is 0.762. The van der Waals surface area contributed by atoms with E-state index in [1.54, 1.807) is 13.2 Å². The molecule has 1 heterocycles. The first-order valence-corrected chi connectivity index (χ1v) is 12.2. The molecule has 3 fully saturated rings. The minimum absolute atomic E-state index is 0.0210. The maximum atomic E-state index is 13.0. The van der Waals surface area contributed by atoms with Gasteiger partial charge in [-0.15, -0.1) is 0 Å². The second kappa shape index (κ2) is 7.64. The van der Waals surface area contributed by atoms with Crippen molar-refractivity contribution in [1.82, 2.24) is 10.2 Å². The Morgan fingerprint density at radius 1 is 1.06 bits per heavy atom. The summed E-state index contributed by atoms with van der Waals surface area (Å²) < 4.78 is 5.22. The van der Waals surface area contributed by atoms with Crippen LogP contribution in [-0.4, -0.2) is 43.0 Å². The maximum Gasteiger partial charge on any atom is 0.251 e. The van der Waals surface area contributed by atoms with Crippen LogP contribution < -0.4 is 10.1 Å². The number of amides is 2. The zero-order valence-corrected chi connectivity index (χ0v) is 19.8. The van der Waals surface area contributed by atoms with Gasteiger partial charge in [-0.05, 0) is 92.0 Å². The first-order valence-electron chi connectivity index (χ1n) is 12.2. The van der Waals surface area contributed by atoms with Gasteiger partial charge in [-0.1, -0.05) is 19.9 Å². The third kappa shape index (κ3) is 3.11. The van der Waals surface area contributed by atoms with Gasteiger partial charge in [-0.2, -0.15) is 0 Å². The van der Waals surface area contributed by atoms with Crippen molar-refractivity contribution in [2.75, 3.05) is 14.2 Å². The number of benzene rings is 1. The van der Waals surface area contributed by atoms with Crippen LogP contribution in [-0.2, 0) is 4.79 Å². The lowest BCUT2D eigenvalue weighted by atomic mass is 9.48. The van der Waals surface area contributed by atoms with Gasteiger partial charge in [0.15, 0.2) is 0 Å². The molecule has 5 heteroatoms. The Hall–Kier alpha value is -2.30. The molecule has 0 unspecified atom stereocenters. The molecule has 0 radical (unpaired) electrons. The topological polar surface area (TPSA) is 58.6 Å². The highest BCUT2D eigenvalue weighted by atomic mass is 16.5. The van der Waals surface area contributed by atoms with Crippen LogP contribution in [0.4, 0.5) is 0 Å². The molecule has 3 aliphatic carbocycles. The Morgan fingerprint density at radius 3 is 2.53 bits per heavy atom. The number of methoxy groups -OCH3 is 1. The average Bonchev–Trinajstić information content (AvgIpc) is 3.13. The van der Waals surface area contributed by atoms with E-state index >= 15 is 0 Å². The summed E-state index contributed by atoms with van der Waals surface area (Å²) in [6.45, 7) is 4.80. The number of nitrogens with one attached hydrogen (secondary N) is 1. The van der Waals surface area contributed by atoms with Gasteiger partial charge in [0.1, 0.15) is 5.75 Å². The van der Waals surface area contributed by atoms with Crippen LogP contribution in [0.3, 0.4) is 0 Å². The van der Waals surface area contributed by atoms with Crippen molar-refractivity contribution < 1.29 is 14.3 Å². The zero-order valence-electron chi connectivity index (χ0n) is 19.8. The molecule has 0 aromatic heterocycles. The summed E-state index contributed by atoms with van der Waals surface area (Å²) in [5.74, 6) is 2.85. The van der Waals surface area contributed by atoms with Gasteiger partial charge in [0.05, 0.1) is 7.11 Å². The van der Waals surface area contributed by atoms with E-state index in [1.807, 2.05) is 36.2 Å². The van der Waals surface area contributed by atoms with Gasteiger partial charge < -0.3 is 15.0 Å². The molecule has 1 aromatic rings. The van der Waals surface area contributed by atoms with E-state index in [1.165, 1.54) is 19.3 Å². The zero-order chi connectivity index (χ0) is 22.7. The Kier molecular flexibility index (Phi) is 5.14. The molecule has 0 spiro atoms. The van der Waals surface area contributed by atoms with Crippen LogP contribution in [0.1, 0.15) is 62.7 Å². The molecule has 1 N–H and O–H groups in total. The first-order chi connectivity index (χ1) is 15.3. The molecule has 4 aliphatic rings. The van der Waals surface area contributed by atoms with Crippen LogP contribution in [0.15, 0.2) is 36.4 Å². The fourth-order valence-electron chi connectivity index (χ4n) is 7.96. The summed E-state index contributed by atoms with van der Waals surface area (Å²) in [5.41, 5.74) is 0.906. The number of fused-ring (bicyclic) bond motifs is 5. The maximum absolute atomic E-state index is 13.0. The van der Waals surface area contributed by atoms with Gasteiger partial charge in [0.25, 0.3) is 5.91 Å². The molecule has 172 valence electrons. The minimum Gasteiger partial charge on any atom is -0.497 e. The normalized spacial score (nSPS) is 40.3. The van der Waals surface area contributed by atoms with Gasteiger partial charge in [0.2, 0.25) is 5.91 Å². The van der Waals surface area contributed by atoms with Crippen molar-refractivity contribution in [3.8, 4) is 5.75 Å². The summed E-state index contributed by atoms with van der Waals surface area (Å²) in [7, 11) is 3.61. The summed E-state index contributed by atoms with van der Waals surface area (Å²) in [6.07, 6.45) is 10.9. The molecule has 0 bridgehead atoms. The number of rotatable bonds is 3. The van der Waals surface area contributed by atoms with Gasteiger partial charge >= 0.3 is 0 Å². The van der Waals surface area contributed by atoms with Gasteiger partial charge in [0, 0.05) is 30.1 Å². The number of carbonyl (C=O) groups excluding carboxylic acids is 2. The number of hydrogen-bond donors (Lipinski definition) is 1. The highest BCUT2D eigenvalue weighted by Crippen LogP contribution is 2.63. The monoisotopic (exact) mass is 436 g/mol. The molecular weight excluding hydrogens is 400 g/mol. The van der Waals surface area contributed by atoms with E-state index in [0.29, 0.717) is 29.4 Å². The second-order valence-corrected chi connectivity index (χ2v) is 11.0. The molecule has 1 aromatic carbocycles. The summed E-state index contributed by atoms with van der Waals surface area (Å²) in [6, 6.07) is 7.91.